The second-order valence-electron chi connectivity index (χ2n) is 6.66. The molecule has 27 heavy (non-hydrogen) atoms. The zero-order valence-corrected chi connectivity index (χ0v) is 17.1. The highest BCUT2D eigenvalue weighted by Crippen LogP contribution is 2.22. The SMILES string of the molecule is CN(CC(N)=O)Cc1cccc(-c2cnc(N3CCCCC3)nc2)c1.Cl.Cl. The lowest BCUT2D eigenvalue weighted by Crippen LogP contribution is -2.30. The topological polar surface area (TPSA) is 75.3 Å². The van der Waals surface area contributed by atoms with E-state index in [9.17, 15) is 4.79 Å². The first-order valence-electron chi connectivity index (χ1n) is 8.75. The molecule has 0 bridgehead atoms. The monoisotopic (exact) mass is 411 g/mol. The van der Waals surface area contributed by atoms with Crippen molar-refractivity contribution in [3.8, 4) is 11.1 Å². The number of likely N-dealkylation sites (N-methyl/N-ethyl adjacent to an activating group) is 1. The number of benzene rings is 1. The first-order chi connectivity index (χ1) is 12.1. The number of aromatic nitrogens is 2. The lowest BCUT2D eigenvalue weighted by atomic mass is 10.1. The molecule has 0 unspecified atom stereocenters. The summed E-state index contributed by atoms with van der Waals surface area (Å²) in [7, 11) is 1.88. The van der Waals surface area contributed by atoms with Crippen molar-refractivity contribution in [3.63, 3.8) is 0 Å². The number of amides is 1. The molecule has 2 aromatic rings. The molecule has 0 spiro atoms. The highest BCUT2D eigenvalue weighted by Gasteiger charge is 2.13. The second kappa shape index (κ2) is 11.1. The van der Waals surface area contributed by atoms with Gasteiger partial charge in [-0.05, 0) is 43.5 Å². The lowest BCUT2D eigenvalue weighted by molar-refractivity contribution is -0.118. The minimum Gasteiger partial charge on any atom is -0.369 e. The van der Waals surface area contributed by atoms with Crippen LogP contribution in [0.3, 0.4) is 0 Å². The largest absolute Gasteiger partial charge is 0.369 e. The van der Waals surface area contributed by atoms with E-state index in [0.29, 0.717) is 6.54 Å². The van der Waals surface area contributed by atoms with E-state index in [4.69, 9.17) is 5.73 Å². The molecule has 0 saturated carbocycles. The Hall–Kier alpha value is -1.89. The summed E-state index contributed by atoms with van der Waals surface area (Å²) in [5, 5.41) is 0. The average Bonchev–Trinajstić information content (AvgIpc) is 2.62. The number of carbonyl (C=O) groups is 1. The van der Waals surface area contributed by atoms with Gasteiger partial charge in [0.2, 0.25) is 11.9 Å². The summed E-state index contributed by atoms with van der Waals surface area (Å²) in [6.07, 6.45) is 7.51. The molecule has 3 rings (SSSR count). The average molecular weight is 412 g/mol. The fraction of sp³-hybridized carbons (Fsp3) is 0.421. The molecule has 0 aliphatic carbocycles. The second-order valence-corrected chi connectivity index (χ2v) is 6.66. The van der Waals surface area contributed by atoms with Crippen molar-refractivity contribution in [2.45, 2.75) is 25.8 Å². The Kier molecular flexibility index (Phi) is 9.49. The summed E-state index contributed by atoms with van der Waals surface area (Å²) in [4.78, 5) is 24.3. The van der Waals surface area contributed by atoms with Gasteiger partial charge in [-0.15, -0.1) is 24.8 Å². The van der Waals surface area contributed by atoms with Gasteiger partial charge in [0.1, 0.15) is 0 Å². The van der Waals surface area contributed by atoms with E-state index in [1.165, 1.54) is 19.3 Å². The van der Waals surface area contributed by atoms with E-state index in [1.54, 1.807) is 0 Å². The summed E-state index contributed by atoms with van der Waals surface area (Å²) < 4.78 is 0. The molecule has 1 fully saturated rings. The quantitative estimate of drug-likeness (QED) is 0.790. The van der Waals surface area contributed by atoms with Crippen LogP contribution in [0.25, 0.3) is 11.1 Å². The number of nitrogens with zero attached hydrogens (tertiary/aromatic N) is 4. The third-order valence-electron chi connectivity index (χ3n) is 4.42. The van der Waals surface area contributed by atoms with E-state index >= 15 is 0 Å². The van der Waals surface area contributed by atoms with Crippen LogP contribution in [0, 0.1) is 0 Å². The Morgan fingerprint density at radius 2 is 1.78 bits per heavy atom. The van der Waals surface area contributed by atoms with Crippen molar-refractivity contribution in [2.75, 3.05) is 31.6 Å². The van der Waals surface area contributed by atoms with Crippen LogP contribution in [0.2, 0.25) is 0 Å². The maximum absolute atomic E-state index is 11.0. The molecule has 1 aromatic carbocycles. The number of piperidine rings is 1. The van der Waals surface area contributed by atoms with Crippen molar-refractivity contribution >= 4 is 36.7 Å². The predicted octanol–water partition coefficient (Wildman–Crippen LogP) is 2.89. The van der Waals surface area contributed by atoms with Gasteiger partial charge >= 0.3 is 0 Å². The molecule has 1 amide bonds. The van der Waals surface area contributed by atoms with E-state index in [1.807, 2.05) is 36.5 Å². The Labute approximate surface area is 173 Å². The van der Waals surface area contributed by atoms with Crippen LogP contribution >= 0.6 is 24.8 Å². The third kappa shape index (κ3) is 6.65. The molecule has 2 heterocycles. The molecule has 148 valence electrons. The maximum Gasteiger partial charge on any atom is 0.231 e. The van der Waals surface area contributed by atoms with Gasteiger partial charge in [-0.3, -0.25) is 9.69 Å². The zero-order valence-electron chi connectivity index (χ0n) is 15.5. The van der Waals surface area contributed by atoms with Crippen LogP contribution in [0.4, 0.5) is 5.95 Å². The standard InChI is InChI=1S/C19H25N5O.2ClH/c1-23(14-18(20)25)13-15-6-5-7-16(10-15)17-11-21-19(22-12-17)24-8-3-2-4-9-24;;/h5-7,10-12H,2-4,8-9,13-14H2,1H3,(H2,20,25);2*1H. The van der Waals surface area contributed by atoms with Crippen molar-refractivity contribution in [1.29, 1.82) is 0 Å². The molecule has 1 aliphatic rings. The number of anilines is 1. The molecule has 2 N–H and O–H groups in total. The van der Waals surface area contributed by atoms with Gasteiger partial charge in [-0.2, -0.15) is 0 Å². The molecule has 6 nitrogen and oxygen atoms in total. The van der Waals surface area contributed by atoms with Gasteiger partial charge < -0.3 is 10.6 Å². The van der Waals surface area contributed by atoms with E-state index < -0.39 is 0 Å². The zero-order chi connectivity index (χ0) is 17.6. The van der Waals surface area contributed by atoms with Gasteiger partial charge in [0.25, 0.3) is 0 Å². The molecule has 8 heteroatoms. The Morgan fingerprint density at radius 1 is 1.11 bits per heavy atom. The number of nitrogens with two attached hydrogens (primary N) is 1. The smallest absolute Gasteiger partial charge is 0.231 e. The number of carbonyl (C=O) groups excluding carboxylic acids is 1. The van der Waals surface area contributed by atoms with Gasteiger partial charge in [-0.25, -0.2) is 9.97 Å². The first-order valence-corrected chi connectivity index (χ1v) is 8.75. The Bertz CT molecular complexity index is 720. The molecule has 0 radical (unpaired) electrons. The molecule has 1 aliphatic heterocycles. The van der Waals surface area contributed by atoms with E-state index in [2.05, 4.69) is 27.0 Å². The van der Waals surface area contributed by atoms with Crippen LogP contribution in [0.1, 0.15) is 24.8 Å². The number of halogens is 2. The van der Waals surface area contributed by atoms with E-state index in [-0.39, 0.29) is 37.3 Å². The highest BCUT2D eigenvalue weighted by atomic mass is 35.5. The molecular formula is C19H27Cl2N5O. The molecule has 1 saturated heterocycles. The number of hydrogen-bond acceptors (Lipinski definition) is 5. The Balaban J connectivity index is 0.00000182. The molecule has 1 aromatic heterocycles. The van der Waals surface area contributed by atoms with Gasteiger partial charge in [-0.1, -0.05) is 18.2 Å². The summed E-state index contributed by atoms with van der Waals surface area (Å²) >= 11 is 0. The van der Waals surface area contributed by atoms with Crippen molar-refractivity contribution in [2.24, 2.45) is 5.73 Å². The molecular weight excluding hydrogens is 385 g/mol. The van der Waals surface area contributed by atoms with Gasteiger partial charge in [0, 0.05) is 37.6 Å². The first kappa shape index (κ1) is 23.1. The minimum atomic E-state index is -0.319. The number of hydrogen-bond donors (Lipinski definition) is 1. The fourth-order valence-electron chi connectivity index (χ4n) is 3.21. The summed E-state index contributed by atoms with van der Waals surface area (Å²) in [6.45, 7) is 3.00. The summed E-state index contributed by atoms with van der Waals surface area (Å²) in [5.74, 6) is 0.501. The van der Waals surface area contributed by atoms with Crippen LogP contribution in [-0.4, -0.2) is 47.5 Å². The van der Waals surface area contributed by atoms with Crippen molar-refractivity contribution in [3.05, 3.63) is 42.2 Å². The predicted molar refractivity (Wildman–Crippen MR) is 114 cm³/mol. The maximum atomic E-state index is 11.0. The van der Waals surface area contributed by atoms with E-state index in [0.717, 1.165) is 35.7 Å². The normalized spacial score (nSPS) is 13.6. The summed E-state index contributed by atoms with van der Waals surface area (Å²) in [5.41, 5.74) is 8.45. The Morgan fingerprint density at radius 3 is 2.41 bits per heavy atom. The van der Waals surface area contributed by atoms with Crippen molar-refractivity contribution < 1.29 is 4.79 Å². The van der Waals surface area contributed by atoms with Crippen LogP contribution in [0.15, 0.2) is 36.7 Å². The van der Waals surface area contributed by atoms with Gasteiger partial charge in [0.15, 0.2) is 0 Å². The highest BCUT2D eigenvalue weighted by molar-refractivity contribution is 5.85. The minimum absolute atomic E-state index is 0. The fourth-order valence-corrected chi connectivity index (χ4v) is 3.21. The van der Waals surface area contributed by atoms with Crippen LogP contribution in [-0.2, 0) is 11.3 Å². The van der Waals surface area contributed by atoms with Crippen LogP contribution < -0.4 is 10.6 Å². The number of rotatable bonds is 6. The van der Waals surface area contributed by atoms with Gasteiger partial charge in [0.05, 0.1) is 6.54 Å². The molecule has 0 atom stereocenters. The van der Waals surface area contributed by atoms with Crippen LogP contribution in [0.5, 0.6) is 0 Å². The third-order valence-corrected chi connectivity index (χ3v) is 4.42. The lowest BCUT2D eigenvalue weighted by Gasteiger charge is -2.26. The van der Waals surface area contributed by atoms with Crippen molar-refractivity contribution in [1.82, 2.24) is 14.9 Å². The summed E-state index contributed by atoms with van der Waals surface area (Å²) in [6, 6.07) is 8.22. The number of primary amides is 1.